The first-order valence-electron chi connectivity index (χ1n) is 2.28. The van der Waals surface area contributed by atoms with Crippen LogP contribution in [0.1, 0.15) is 19.3 Å². The minimum absolute atomic E-state index is 0. The molecular weight excluding hydrogens is 143 g/mol. The van der Waals surface area contributed by atoms with Crippen molar-refractivity contribution < 1.29 is 16.8 Å². The van der Waals surface area contributed by atoms with Gasteiger partial charge in [-0.3, -0.25) is 0 Å². The van der Waals surface area contributed by atoms with Crippen LogP contribution in [-0.2, 0) is 16.8 Å². The summed E-state index contributed by atoms with van der Waals surface area (Å²) in [7, 11) is 0. The monoisotopic (exact) mass is 151 g/mol. The van der Waals surface area contributed by atoms with Crippen LogP contribution in [0.15, 0.2) is 0 Å². The van der Waals surface area contributed by atoms with Crippen LogP contribution in [0.5, 0.6) is 0 Å². The first-order chi connectivity index (χ1) is 3.41. The Hall–Kier alpha value is -0.374. The van der Waals surface area contributed by atoms with Crippen molar-refractivity contribution in [3.05, 3.63) is 0 Å². The number of rotatable bonds is 2. The molecule has 0 amide bonds. The van der Waals surface area contributed by atoms with Crippen LogP contribution in [0.25, 0.3) is 0 Å². The van der Waals surface area contributed by atoms with E-state index < -0.39 is 0 Å². The summed E-state index contributed by atoms with van der Waals surface area (Å²) < 4.78 is 0. The normalized spacial score (nSPS) is 5.75. The van der Waals surface area contributed by atoms with E-state index in [1.165, 1.54) is 0 Å². The van der Waals surface area contributed by atoms with E-state index in [1.54, 1.807) is 0 Å². The van der Waals surface area contributed by atoms with Crippen molar-refractivity contribution in [3.63, 3.8) is 0 Å². The minimum atomic E-state index is 0. The molecule has 0 aromatic heterocycles. The zero-order valence-corrected chi connectivity index (χ0v) is 5.65. The van der Waals surface area contributed by atoms with Gasteiger partial charge in [0.25, 0.3) is 0 Å². The second-order valence-electron chi connectivity index (χ2n) is 1.26. The average Bonchev–Trinajstić information content (AvgIpc) is 1.69. The molecule has 45 valence electrons. The van der Waals surface area contributed by atoms with Gasteiger partial charge in [0.15, 0.2) is 0 Å². The molecule has 0 unspecified atom stereocenters. The Morgan fingerprint density at radius 2 is 1.38 bits per heavy atom. The van der Waals surface area contributed by atoms with Crippen molar-refractivity contribution in [2.75, 3.05) is 0 Å². The molecule has 0 aromatic rings. The smallest absolute Gasteiger partial charge is 0.00951 e. The summed E-state index contributed by atoms with van der Waals surface area (Å²) in [6.07, 6.45) is 12.5. The fourth-order valence-corrected chi connectivity index (χ4v) is 0.293. The number of terminal acetylenes is 2. The maximum absolute atomic E-state index is 4.95. The molecule has 1 heteroatoms. The van der Waals surface area contributed by atoms with E-state index in [0.717, 1.165) is 19.3 Å². The SMILES string of the molecule is C#CCCCC#C.[Co]. The van der Waals surface area contributed by atoms with Gasteiger partial charge in [0.1, 0.15) is 0 Å². The van der Waals surface area contributed by atoms with Crippen LogP contribution in [0.4, 0.5) is 0 Å². The van der Waals surface area contributed by atoms with Gasteiger partial charge in [0, 0.05) is 29.6 Å². The van der Waals surface area contributed by atoms with Crippen molar-refractivity contribution in [2.45, 2.75) is 19.3 Å². The summed E-state index contributed by atoms with van der Waals surface area (Å²) in [6, 6.07) is 0. The van der Waals surface area contributed by atoms with Crippen LogP contribution in [0, 0.1) is 24.7 Å². The van der Waals surface area contributed by atoms with Crippen LogP contribution in [0.2, 0.25) is 0 Å². The minimum Gasteiger partial charge on any atom is -0.120 e. The Kier molecular flexibility index (Phi) is 13.0. The first kappa shape index (κ1) is 10.6. The van der Waals surface area contributed by atoms with Gasteiger partial charge in [-0.2, -0.15) is 0 Å². The third kappa shape index (κ3) is 9.16. The van der Waals surface area contributed by atoms with Crippen molar-refractivity contribution in [1.29, 1.82) is 0 Å². The first-order valence-corrected chi connectivity index (χ1v) is 2.28. The summed E-state index contributed by atoms with van der Waals surface area (Å²) in [5.74, 6) is 5.01. The molecule has 0 aliphatic heterocycles. The molecular formula is C7H8Co. The van der Waals surface area contributed by atoms with Crippen LogP contribution in [0.3, 0.4) is 0 Å². The van der Waals surface area contributed by atoms with Gasteiger partial charge in [0.2, 0.25) is 0 Å². The molecule has 0 spiro atoms. The average molecular weight is 151 g/mol. The van der Waals surface area contributed by atoms with E-state index in [9.17, 15) is 0 Å². The molecule has 0 bridgehead atoms. The fraction of sp³-hybridized carbons (Fsp3) is 0.429. The third-order valence-corrected chi connectivity index (χ3v) is 0.642. The van der Waals surface area contributed by atoms with E-state index in [1.807, 2.05) is 0 Å². The largest absolute Gasteiger partial charge is 0.120 e. The number of unbranched alkanes of at least 4 members (excludes halogenated alkanes) is 2. The summed E-state index contributed by atoms with van der Waals surface area (Å²) in [6.45, 7) is 0. The molecule has 0 fully saturated rings. The van der Waals surface area contributed by atoms with Gasteiger partial charge in [0.05, 0.1) is 0 Å². The zero-order chi connectivity index (χ0) is 5.54. The van der Waals surface area contributed by atoms with Crippen molar-refractivity contribution in [1.82, 2.24) is 0 Å². The maximum atomic E-state index is 4.95. The second kappa shape index (κ2) is 9.80. The van der Waals surface area contributed by atoms with E-state index in [4.69, 9.17) is 12.8 Å². The van der Waals surface area contributed by atoms with Crippen molar-refractivity contribution in [2.24, 2.45) is 0 Å². The van der Waals surface area contributed by atoms with Gasteiger partial charge in [-0.15, -0.1) is 24.7 Å². The molecule has 0 saturated heterocycles. The standard InChI is InChI=1S/C7H8.Co/c1-3-5-7-6-4-2;/h1-2H,5-7H2;. The third-order valence-electron chi connectivity index (χ3n) is 0.642. The van der Waals surface area contributed by atoms with E-state index >= 15 is 0 Å². The van der Waals surface area contributed by atoms with E-state index in [2.05, 4.69) is 11.8 Å². The maximum Gasteiger partial charge on any atom is 0.00951 e. The van der Waals surface area contributed by atoms with Crippen LogP contribution >= 0.6 is 0 Å². The van der Waals surface area contributed by atoms with Gasteiger partial charge in [-0.1, -0.05) is 0 Å². The van der Waals surface area contributed by atoms with Gasteiger partial charge in [-0.05, 0) is 6.42 Å². The van der Waals surface area contributed by atoms with Gasteiger partial charge >= 0.3 is 0 Å². The number of hydrogen-bond acceptors (Lipinski definition) is 0. The Morgan fingerprint density at radius 3 is 1.62 bits per heavy atom. The molecule has 0 N–H and O–H groups in total. The fourth-order valence-electron chi connectivity index (χ4n) is 0.293. The second-order valence-corrected chi connectivity index (χ2v) is 1.26. The summed E-state index contributed by atoms with van der Waals surface area (Å²) in [5, 5.41) is 0. The topological polar surface area (TPSA) is 0 Å². The molecule has 0 atom stereocenters. The Morgan fingerprint density at radius 1 is 1.00 bits per heavy atom. The predicted octanol–water partition coefficient (Wildman–Crippen LogP) is 1.42. The van der Waals surface area contributed by atoms with Gasteiger partial charge < -0.3 is 0 Å². The van der Waals surface area contributed by atoms with Gasteiger partial charge in [-0.25, -0.2) is 0 Å². The van der Waals surface area contributed by atoms with Crippen molar-refractivity contribution >= 4 is 0 Å². The van der Waals surface area contributed by atoms with Crippen molar-refractivity contribution in [3.8, 4) is 24.7 Å². The molecule has 8 heavy (non-hydrogen) atoms. The molecule has 0 aromatic carbocycles. The Labute approximate surface area is 61.2 Å². The van der Waals surface area contributed by atoms with E-state index in [0.29, 0.717) is 0 Å². The molecule has 0 aliphatic carbocycles. The Balaban J connectivity index is 0. The summed E-state index contributed by atoms with van der Waals surface area (Å²) in [5.41, 5.74) is 0. The molecule has 0 heterocycles. The molecule has 0 aliphatic rings. The predicted molar refractivity (Wildman–Crippen MR) is 31.5 cm³/mol. The molecule has 0 saturated carbocycles. The molecule has 1 radical (unpaired) electrons. The van der Waals surface area contributed by atoms with E-state index in [-0.39, 0.29) is 16.8 Å². The van der Waals surface area contributed by atoms with Crippen LogP contribution < -0.4 is 0 Å². The summed E-state index contributed by atoms with van der Waals surface area (Å²) in [4.78, 5) is 0. The summed E-state index contributed by atoms with van der Waals surface area (Å²) >= 11 is 0. The zero-order valence-electron chi connectivity index (χ0n) is 4.61. The molecule has 0 nitrogen and oxygen atoms in total. The quantitative estimate of drug-likeness (QED) is 0.413. The molecule has 0 rings (SSSR count). The number of hydrogen-bond donors (Lipinski definition) is 0. The van der Waals surface area contributed by atoms with Crippen LogP contribution in [-0.4, -0.2) is 0 Å². The Bertz CT molecular complexity index is 88.5.